The molecule has 1 aromatic rings. The van der Waals surface area contributed by atoms with Gasteiger partial charge in [0.25, 0.3) is 11.8 Å². The number of fused-ring (bicyclic) bond motifs is 1. The lowest BCUT2D eigenvalue weighted by Crippen LogP contribution is -2.70. The number of carboxylic acids is 1. The van der Waals surface area contributed by atoms with Crippen molar-refractivity contribution in [3.8, 4) is 0 Å². The van der Waals surface area contributed by atoms with Crippen molar-refractivity contribution in [1.82, 2.24) is 15.4 Å². The number of aliphatic carboxylic acids is 1. The summed E-state index contributed by atoms with van der Waals surface area (Å²) in [5.74, 6) is -2.37. The largest absolute Gasteiger partial charge is 0.477 e. The Morgan fingerprint density at radius 2 is 2.21 bits per heavy atom. The summed E-state index contributed by atoms with van der Waals surface area (Å²) in [6, 6.07) is 0.725. The first kappa shape index (κ1) is 24.8. The molecule has 2 amide bonds. The maximum atomic E-state index is 12.6. The van der Waals surface area contributed by atoms with Gasteiger partial charge in [-0.3, -0.25) is 19.3 Å². The number of β-lactam (4-membered cyclic amide) rings is 1. The number of carbonyl (C=O) groups is 4. The Balaban J connectivity index is 1.59. The second-order valence-electron chi connectivity index (χ2n) is 7.07. The molecule has 0 spiro atoms. The number of aromatic nitrogens is 1. The minimum atomic E-state index is -1.30. The van der Waals surface area contributed by atoms with E-state index >= 15 is 0 Å². The average molecular weight is 545 g/mol. The van der Waals surface area contributed by atoms with Gasteiger partial charge in [-0.05, 0) is 22.4 Å². The van der Waals surface area contributed by atoms with E-state index in [-0.39, 0.29) is 18.1 Å². The number of amides is 2. The van der Waals surface area contributed by atoms with Gasteiger partial charge >= 0.3 is 11.9 Å². The fraction of sp³-hybridized carbons (Fsp3) is 0.474. The van der Waals surface area contributed by atoms with E-state index in [1.54, 1.807) is 6.07 Å². The van der Waals surface area contributed by atoms with E-state index in [0.717, 1.165) is 11.3 Å². The number of thioether (sulfide) groups is 1. The van der Waals surface area contributed by atoms with E-state index in [1.165, 1.54) is 18.7 Å². The zero-order valence-corrected chi connectivity index (χ0v) is 20.1. The highest BCUT2D eigenvalue weighted by molar-refractivity contribution is 9.10. The summed E-state index contributed by atoms with van der Waals surface area (Å²) < 4.78 is 10.5. The number of hydrogen-bond donors (Lipinski definition) is 2. The van der Waals surface area contributed by atoms with E-state index in [1.807, 2.05) is 6.92 Å². The fourth-order valence-corrected chi connectivity index (χ4v) is 4.81. The number of ether oxygens (including phenoxy) is 1. The number of nitrogens with one attached hydrogen (secondary N) is 1. The molecule has 12 nitrogen and oxygen atoms in total. The molecule has 1 fully saturated rings. The molecular formula is C19H21BrN4O8S. The van der Waals surface area contributed by atoms with Gasteiger partial charge in [0.1, 0.15) is 34.0 Å². The van der Waals surface area contributed by atoms with Crippen molar-refractivity contribution >= 4 is 57.2 Å². The molecule has 33 heavy (non-hydrogen) atoms. The lowest BCUT2D eigenvalue weighted by atomic mass is 10.0. The van der Waals surface area contributed by atoms with Crippen LogP contribution >= 0.6 is 27.7 Å². The summed E-state index contributed by atoms with van der Waals surface area (Å²) in [5.41, 5.74) is 0.574. The second kappa shape index (κ2) is 10.8. The monoisotopic (exact) mass is 544 g/mol. The number of rotatable bonds is 10. The number of hydrogen-bond acceptors (Lipinski definition) is 10. The Morgan fingerprint density at radius 3 is 2.82 bits per heavy atom. The van der Waals surface area contributed by atoms with Gasteiger partial charge in [-0.15, -0.1) is 11.8 Å². The van der Waals surface area contributed by atoms with Crippen molar-refractivity contribution in [3.05, 3.63) is 27.7 Å². The zero-order chi connectivity index (χ0) is 24.1. The molecule has 3 rings (SSSR count). The highest BCUT2D eigenvalue weighted by Gasteiger charge is 2.54. The van der Waals surface area contributed by atoms with Crippen LogP contribution in [-0.4, -0.2) is 75.0 Å². The molecular weight excluding hydrogens is 524 g/mol. The van der Waals surface area contributed by atoms with Crippen LogP contribution in [-0.2, 0) is 28.8 Å². The molecule has 14 heteroatoms. The standard InChI is InChI=1S/C19H21BrN4O8S/c1-3-4-11(12-5-13(20)23-32-12)22-31-7-14(26)21-15-17(27)24-16(19(28)29)10(6-30-9(2)25)8-33-18(15)24/h5,15,18H,3-4,6-8H2,1-2H3,(H,21,26)(H,28,29)/b22-11-/t15-,18-/m1/s1. The predicted octanol–water partition coefficient (Wildman–Crippen LogP) is 1.26. The van der Waals surface area contributed by atoms with Crippen LogP contribution in [0.25, 0.3) is 0 Å². The highest BCUT2D eigenvalue weighted by Crippen LogP contribution is 2.40. The van der Waals surface area contributed by atoms with Crippen molar-refractivity contribution in [2.75, 3.05) is 19.0 Å². The van der Waals surface area contributed by atoms with E-state index in [4.69, 9.17) is 14.1 Å². The van der Waals surface area contributed by atoms with Crippen molar-refractivity contribution < 1.29 is 38.4 Å². The number of esters is 1. The second-order valence-corrected chi connectivity index (χ2v) is 8.99. The lowest BCUT2D eigenvalue weighted by Gasteiger charge is -2.49. The molecule has 1 saturated heterocycles. The van der Waals surface area contributed by atoms with Crippen molar-refractivity contribution in [3.63, 3.8) is 0 Å². The summed E-state index contributed by atoms with van der Waals surface area (Å²) in [6.07, 6.45) is 1.30. The first-order valence-corrected chi connectivity index (χ1v) is 11.7. The third kappa shape index (κ3) is 5.74. The van der Waals surface area contributed by atoms with Crippen molar-refractivity contribution in [2.45, 2.75) is 38.1 Å². The summed E-state index contributed by atoms with van der Waals surface area (Å²) >= 11 is 4.45. The van der Waals surface area contributed by atoms with Gasteiger partial charge in [-0.2, -0.15) is 0 Å². The van der Waals surface area contributed by atoms with Crippen molar-refractivity contribution in [2.24, 2.45) is 5.16 Å². The smallest absolute Gasteiger partial charge is 0.352 e. The van der Waals surface area contributed by atoms with Crippen LogP contribution in [0.2, 0.25) is 0 Å². The van der Waals surface area contributed by atoms with Crippen LogP contribution in [0.4, 0.5) is 0 Å². The molecule has 0 bridgehead atoms. The Hall–Kier alpha value is -2.87. The minimum absolute atomic E-state index is 0.217. The maximum Gasteiger partial charge on any atom is 0.352 e. The molecule has 2 aliphatic rings. The third-order valence-electron chi connectivity index (χ3n) is 4.64. The van der Waals surface area contributed by atoms with Gasteiger partial charge in [0.15, 0.2) is 12.4 Å². The number of carboxylic acid groups (broad SMARTS) is 1. The molecule has 3 heterocycles. The third-order valence-corrected chi connectivity index (χ3v) is 6.35. The summed E-state index contributed by atoms with van der Waals surface area (Å²) in [4.78, 5) is 53.9. The van der Waals surface area contributed by atoms with Crippen LogP contribution in [0.1, 0.15) is 32.4 Å². The summed E-state index contributed by atoms with van der Waals surface area (Å²) in [6.45, 7) is 2.50. The van der Waals surface area contributed by atoms with Gasteiger partial charge in [0, 0.05) is 24.3 Å². The molecule has 178 valence electrons. The Morgan fingerprint density at radius 1 is 1.45 bits per heavy atom. The minimum Gasteiger partial charge on any atom is -0.477 e. The van der Waals surface area contributed by atoms with E-state index in [9.17, 15) is 24.3 Å². The fourth-order valence-electron chi connectivity index (χ4n) is 3.21. The predicted molar refractivity (Wildman–Crippen MR) is 118 cm³/mol. The van der Waals surface area contributed by atoms with Crippen LogP contribution in [0.15, 0.2) is 31.6 Å². The van der Waals surface area contributed by atoms with Crippen LogP contribution < -0.4 is 5.32 Å². The Labute approximate surface area is 200 Å². The quantitative estimate of drug-likeness (QED) is 0.190. The number of carbonyl (C=O) groups excluding carboxylic acids is 3. The Kier molecular flexibility index (Phi) is 8.13. The number of nitrogens with zero attached hydrogens (tertiary/aromatic N) is 3. The maximum absolute atomic E-state index is 12.6. The molecule has 2 aliphatic heterocycles. The molecule has 2 atom stereocenters. The SMILES string of the molecule is CCC/C(=N/OCC(=O)N[C@@H]1C(=O)N2C(C(=O)O)=C(COC(C)=O)CS[C@H]12)c1cc(Br)no1. The van der Waals surface area contributed by atoms with Gasteiger partial charge < -0.3 is 24.5 Å². The summed E-state index contributed by atoms with van der Waals surface area (Å²) in [7, 11) is 0. The number of halogens is 1. The lowest BCUT2D eigenvalue weighted by molar-refractivity contribution is -0.151. The van der Waals surface area contributed by atoms with Gasteiger partial charge in [0.2, 0.25) is 0 Å². The molecule has 0 radical (unpaired) electrons. The first-order valence-electron chi connectivity index (χ1n) is 9.87. The molecule has 0 saturated carbocycles. The van der Waals surface area contributed by atoms with E-state index in [2.05, 4.69) is 31.6 Å². The van der Waals surface area contributed by atoms with Crippen LogP contribution in [0.3, 0.4) is 0 Å². The van der Waals surface area contributed by atoms with Crippen LogP contribution in [0, 0.1) is 0 Å². The Bertz CT molecular complexity index is 1020. The zero-order valence-electron chi connectivity index (χ0n) is 17.7. The molecule has 0 aliphatic carbocycles. The topological polar surface area (TPSA) is 161 Å². The molecule has 1 aromatic heterocycles. The van der Waals surface area contributed by atoms with Crippen molar-refractivity contribution in [1.29, 1.82) is 0 Å². The average Bonchev–Trinajstić information content (AvgIpc) is 3.20. The molecule has 0 aromatic carbocycles. The molecule has 2 N–H and O–H groups in total. The van der Waals surface area contributed by atoms with E-state index < -0.39 is 41.8 Å². The number of oxime groups is 1. The van der Waals surface area contributed by atoms with Gasteiger partial charge in [0.05, 0.1) is 0 Å². The van der Waals surface area contributed by atoms with E-state index in [0.29, 0.717) is 28.1 Å². The summed E-state index contributed by atoms with van der Waals surface area (Å²) in [5, 5.41) is 19.2. The van der Waals surface area contributed by atoms with Gasteiger partial charge in [-0.1, -0.05) is 23.7 Å². The highest BCUT2D eigenvalue weighted by atomic mass is 79.9. The first-order chi connectivity index (χ1) is 15.7. The van der Waals surface area contributed by atoms with Crippen LogP contribution in [0.5, 0.6) is 0 Å². The normalized spacial score (nSPS) is 20.2. The molecule has 0 unspecified atom stereocenters. The van der Waals surface area contributed by atoms with Gasteiger partial charge in [-0.25, -0.2) is 4.79 Å².